The molecule has 0 unspecified atom stereocenters. The average Bonchev–Trinajstić information content (AvgIpc) is 2.72. The van der Waals surface area contributed by atoms with Gasteiger partial charge in [0.15, 0.2) is 30.9 Å². The fourth-order valence-electron chi connectivity index (χ4n) is 3.96. The Morgan fingerprint density at radius 2 is 1.27 bits per heavy atom. The quantitative estimate of drug-likeness (QED) is 0.310. The minimum absolute atomic E-state index is 0.554. The van der Waals surface area contributed by atoms with Crippen LogP contribution in [0, 0.1) is 0 Å². The van der Waals surface area contributed by atoms with E-state index in [0.717, 1.165) is 13.8 Å². The second-order valence-electron chi connectivity index (χ2n) is 7.68. The largest absolute Gasteiger partial charge is 0.456 e. The number of carbonyl (C=O) groups excluding carboxylic acids is 3. The molecule has 2 saturated heterocycles. The predicted octanol–water partition coefficient (Wildman–Crippen LogP) is -1.35. The van der Waals surface area contributed by atoms with Crippen molar-refractivity contribution in [1.82, 2.24) is 0 Å². The van der Waals surface area contributed by atoms with E-state index in [2.05, 4.69) is 0 Å². The van der Waals surface area contributed by atoms with Crippen LogP contribution in [0.1, 0.15) is 27.7 Å². The zero-order valence-corrected chi connectivity index (χ0v) is 19.4. The van der Waals surface area contributed by atoms with Gasteiger partial charge in [0.05, 0.1) is 12.7 Å². The minimum Gasteiger partial charge on any atom is -0.456 e. The summed E-state index contributed by atoms with van der Waals surface area (Å²) in [5.41, 5.74) is 0. The molecule has 10 atom stereocenters. The molecule has 2 N–H and O–H groups in total. The summed E-state index contributed by atoms with van der Waals surface area (Å²) in [4.78, 5) is 35.3. The first-order valence-corrected chi connectivity index (χ1v) is 10.4. The van der Waals surface area contributed by atoms with Crippen LogP contribution in [0.3, 0.4) is 0 Å². The second kappa shape index (κ2) is 12.0. The first-order chi connectivity index (χ1) is 15.5. The molecule has 2 heterocycles. The van der Waals surface area contributed by atoms with Crippen molar-refractivity contribution in [2.24, 2.45) is 0 Å². The molecule has 0 spiro atoms. The number of hydrogen-bond acceptors (Lipinski definition) is 13. The summed E-state index contributed by atoms with van der Waals surface area (Å²) in [6, 6.07) is 0. The third kappa shape index (κ3) is 6.59. The smallest absolute Gasteiger partial charge is 0.303 e. The van der Waals surface area contributed by atoms with Gasteiger partial charge in [-0.15, -0.1) is 0 Å². The first-order valence-electron chi connectivity index (χ1n) is 10.4. The van der Waals surface area contributed by atoms with Crippen LogP contribution in [0.15, 0.2) is 0 Å². The summed E-state index contributed by atoms with van der Waals surface area (Å²) >= 11 is 0. The van der Waals surface area contributed by atoms with Crippen molar-refractivity contribution in [1.29, 1.82) is 0 Å². The lowest BCUT2D eigenvalue weighted by Gasteiger charge is -2.48. The van der Waals surface area contributed by atoms with E-state index in [0.29, 0.717) is 0 Å². The molecule has 2 aliphatic rings. The lowest BCUT2D eigenvalue weighted by Crippen LogP contribution is -2.65. The van der Waals surface area contributed by atoms with E-state index >= 15 is 0 Å². The molecule has 13 heteroatoms. The lowest BCUT2D eigenvalue weighted by atomic mass is 9.96. The van der Waals surface area contributed by atoms with Crippen molar-refractivity contribution in [3.63, 3.8) is 0 Å². The van der Waals surface area contributed by atoms with E-state index in [1.54, 1.807) is 6.92 Å². The summed E-state index contributed by atoms with van der Waals surface area (Å²) in [7, 11) is 2.69. The summed E-state index contributed by atoms with van der Waals surface area (Å²) in [6.07, 6.45) is -11.3. The van der Waals surface area contributed by atoms with Gasteiger partial charge < -0.3 is 48.1 Å². The zero-order valence-electron chi connectivity index (χ0n) is 19.4. The highest BCUT2D eigenvalue weighted by molar-refractivity contribution is 5.68. The van der Waals surface area contributed by atoms with Gasteiger partial charge in [-0.3, -0.25) is 14.4 Å². The maximum absolute atomic E-state index is 11.8. The minimum atomic E-state index is -1.41. The zero-order chi connectivity index (χ0) is 24.9. The molecular weight excluding hydrogens is 448 g/mol. The van der Waals surface area contributed by atoms with Crippen LogP contribution in [0.25, 0.3) is 0 Å². The van der Waals surface area contributed by atoms with Crippen molar-refractivity contribution in [2.75, 3.05) is 20.8 Å². The maximum atomic E-state index is 11.8. The highest BCUT2D eigenvalue weighted by Gasteiger charge is 2.54. The van der Waals surface area contributed by atoms with Gasteiger partial charge >= 0.3 is 17.9 Å². The van der Waals surface area contributed by atoms with Gasteiger partial charge in [0.2, 0.25) is 0 Å². The van der Waals surface area contributed by atoms with Crippen LogP contribution in [0.5, 0.6) is 0 Å². The number of methoxy groups -OCH3 is 2. The monoisotopic (exact) mass is 480 g/mol. The van der Waals surface area contributed by atoms with Gasteiger partial charge in [0.1, 0.15) is 24.4 Å². The predicted molar refractivity (Wildman–Crippen MR) is 105 cm³/mol. The van der Waals surface area contributed by atoms with Crippen molar-refractivity contribution in [2.45, 2.75) is 89.1 Å². The highest BCUT2D eigenvalue weighted by Crippen LogP contribution is 2.33. The Hall–Kier alpha value is -1.87. The number of aliphatic hydroxyl groups is 2. The van der Waals surface area contributed by atoms with Crippen LogP contribution >= 0.6 is 0 Å². The Bertz CT molecular complexity index is 685. The molecule has 2 fully saturated rings. The molecule has 190 valence electrons. The van der Waals surface area contributed by atoms with Gasteiger partial charge in [0.25, 0.3) is 0 Å². The van der Waals surface area contributed by atoms with Gasteiger partial charge in [-0.2, -0.15) is 0 Å². The molecule has 0 aromatic rings. The summed E-state index contributed by atoms with van der Waals surface area (Å²) in [6.45, 7) is 4.46. The van der Waals surface area contributed by atoms with E-state index < -0.39 is 85.9 Å². The number of esters is 3. The molecule has 0 aromatic heterocycles. The van der Waals surface area contributed by atoms with Crippen LogP contribution in [0.4, 0.5) is 0 Å². The van der Waals surface area contributed by atoms with Crippen molar-refractivity contribution in [3.8, 4) is 0 Å². The molecule has 2 aliphatic heterocycles. The van der Waals surface area contributed by atoms with E-state index in [1.165, 1.54) is 21.1 Å². The van der Waals surface area contributed by atoms with Gasteiger partial charge in [-0.05, 0) is 6.92 Å². The number of carbonyl (C=O) groups is 3. The Labute approximate surface area is 191 Å². The SMILES string of the molecule is CO[C@@H]1[C@@H](OC)[C@@H](O)O[C@H](CO)[C@H]1O[C@H]1O[C@@H](C)[C@H](OC(C)=O)[C@H](OC(C)=O)[C@@H]1OC(C)=O. The van der Waals surface area contributed by atoms with Crippen molar-refractivity contribution in [3.05, 3.63) is 0 Å². The van der Waals surface area contributed by atoms with Crippen LogP contribution in [-0.2, 0) is 52.3 Å². The molecule has 0 radical (unpaired) electrons. The molecule has 0 bridgehead atoms. The Balaban J connectivity index is 2.41. The number of ether oxygens (including phenoxy) is 8. The fourth-order valence-corrected chi connectivity index (χ4v) is 3.96. The fraction of sp³-hybridized carbons (Fsp3) is 0.850. The highest BCUT2D eigenvalue weighted by atomic mass is 16.8. The lowest BCUT2D eigenvalue weighted by molar-refractivity contribution is -0.356. The van der Waals surface area contributed by atoms with Crippen LogP contribution < -0.4 is 0 Å². The van der Waals surface area contributed by atoms with Crippen molar-refractivity contribution < 1.29 is 62.5 Å². The molecule has 13 nitrogen and oxygen atoms in total. The molecule has 0 aromatic carbocycles. The second-order valence-corrected chi connectivity index (χ2v) is 7.68. The third-order valence-electron chi connectivity index (χ3n) is 5.26. The topological polar surface area (TPSA) is 166 Å². The Morgan fingerprint density at radius 1 is 0.758 bits per heavy atom. The molecular formula is C20H32O13. The normalized spacial score (nSPS) is 38.9. The van der Waals surface area contributed by atoms with Crippen molar-refractivity contribution >= 4 is 17.9 Å². The van der Waals surface area contributed by atoms with Crippen LogP contribution in [-0.4, -0.2) is 110 Å². The molecule has 0 aliphatic carbocycles. The van der Waals surface area contributed by atoms with E-state index in [1.807, 2.05) is 0 Å². The summed E-state index contributed by atoms with van der Waals surface area (Å²) in [5, 5.41) is 20.0. The van der Waals surface area contributed by atoms with Gasteiger partial charge in [0, 0.05) is 35.0 Å². The summed E-state index contributed by atoms with van der Waals surface area (Å²) < 4.78 is 43.9. The van der Waals surface area contributed by atoms with Gasteiger partial charge in [-0.25, -0.2) is 0 Å². The maximum Gasteiger partial charge on any atom is 0.303 e. The first kappa shape index (κ1) is 27.4. The molecule has 2 rings (SSSR count). The van der Waals surface area contributed by atoms with E-state index in [4.69, 9.17) is 37.9 Å². The molecule has 0 amide bonds. The Kier molecular flexibility index (Phi) is 9.97. The van der Waals surface area contributed by atoms with E-state index in [-0.39, 0.29) is 0 Å². The van der Waals surface area contributed by atoms with Gasteiger partial charge in [-0.1, -0.05) is 0 Å². The van der Waals surface area contributed by atoms with Crippen LogP contribution in [0.2, 0.25) is 0 Å². The average molecular weight is 480 g/mol. The standard InChI is InChI=1S/C20H32O13/c1-8-13(29-9(2)22)16(30-10(3)23)18(31-11(4)24)20(28-8)33-14-12(7-21)32-19(25)17(27-6)15(14)26-5/h8,12-21,25H,7H2,1-6H3/t8-,12+,13-,14+,15-,16-,17+,18-,19-,20+/m0/s1. The molecule has 0 saturated carbocycles. The third-order valence-corrected chi connectivity index (χ3v) is 5.26. The Morgan fingerprint density at radius 3 is 1.76 bits per heavy atom. The number of rotatable bonds is 8. The summed E-state index contributed by atoms with van der Waals surface area (Å²) in [5.74, 6) is -2.11. The number of hydrogen-bond donors (Lipinski definition) is 2. The van der Waals surface area contributed by atoms with E-state index in [9.17, 15) is 24.6 Å². The number of aliphatic hydroxyl groups excluding tert-OH is 2. The molecule has 33 heavy (non-hydrogen) atoms.